The first-order valence-electron chi connectivity index (χ1n) is 9.85. The Morgan fingerprint density at radius 3 is 2.55 bits per heavy atom. The maximum atomic E-state index is 12.6. The highest BCUT2D eigenvalue weighted by atomic mass is 79.9. The van der Waals surface area contributed by atoms with Crippen LogP contribution in [0.5, 0.6) is 0 Å². The van der Waals surface area contributed by atoms with E-state index in [0.29, 0.717) is 6.54 Å². The Bertz CT molecular complexity index is 1070. The normalized spacial score (nSPS) is 14.6. The van der Waals surface area contributed by atoms with Gasteiger partial charge in [0.15, 0.2) is 0 Å². The lowest BCUT2D eigenvalue weighted by molar-refractivity contribution is 0.240. The van der Waals surface area contributed by atoms with Crippen molar-refractivity contribution in [2.75, 3.05) is 6.54 Å². The van der Waals surface area contributed by atoms with Gasteiger partial charge in [-0.25, -0.2) is 4.98 Å². The average molecular weight is 453 g/mol. The number of rotatable bonds is 3. The number of fused-ring (bicyclic) bond motifs is 1. The molecule has 0 fully saturated rings. The predicted molar refractivity (Wildman–Crippen MR) is 119 cm³/mol. The molecule has 4 rings (SSSR count). The van der Waals surface area contributed by atoms with Crippen LogP contribution in [0.15, 0.2) is 51.9 Å². The summed E-state index contributed by atoms with van der Waals surface area (Å²) in [6.45, 7) is 8.48. The van der Waals surface area contributed by atoms with Gasteiger partial charge in [-0.05, 0) is 23.8 Å². The number of aromatic nitrogens is 3. The van der Waals surface area contributed by atoms with Gasteiger partial charge >= 0.3 is 0 Å². The zero-order valence-corrected chi connectivity index (χ0v) is 18.6. The molecule has 1 aromatic carbocycles. The summed E-state index contributed by atoms with van der Waals surface area (Å²) in [7, 11) is 0. The second-order valence-electron chi connectivity index (χ2n) is 8.61. The molecule has 6 heteroatoms. The summed E-state index contributed by atoms with van der Waals surface area (Å²) in [4.78, 5) is 27.2. The maximum absolute atomic E-state index is 12.6. The molecule has 0 atom stereocenters. The third-order valence-electron chi connectivity index (χ3n) is 5.23. The zero-order valence-electron chi connectivity index (χ0n) is 17.0. The molecule has 29 heavy (non-hydrogen) atoms. The molecule has 0 spiro atoms. The Kier molecular flexibility index (Phi) is 5.40. The van der Waals surface area contributed by atoms with Crippen molar-refractivity contribution in [2.24, 2.45) is 0 Å². The summed E-state index contributed by atoms with van der Waals surface area (Å²) in [5.74, 6) is 0.766. The van der Waals surface area contributed by atoms with Crippen LogP contribution in [-0.2, 0) is 24.9 Å². The summed E-state index contributed by atoms with van der Waals surface area (Å²) >= 11 is 3.46. The first-order valence-corrected chi connectivity index (χ1v) is 10.6. The maximum Gasteiger partial charge on any atom is 0.255 e. The second-order valence-corrected chi connectivity index (χ2v) is 9.52. The Morgan fingerprint density at radius 2 is 1.90 bits per heavy atom. The van der Waals surface area contributed by atoms with E-state index in [1.807, 2.05) is 18.3 Å². The molecule has 1 aliphatic rings. The molecule has 150 valence electrons. The lowest BCUT2D eigenvalue weighted by Gasteiger charge is -2.28. The van der Waals surface area contributed by atoms with Crippen molar-refractivity contribution < 1.29 is 0 Å². The minimum Gasteiger partial charge on any atom is -0.310 e. The van der Waals surface area contributed by atoms with Crippen LogP contribution < -0.4 is 5.56 Å². The number of H-pyrrole nitrogens is 1. The molecular formula is C23H25BrN4O. The molecule has 3 aromatic rings. The molecule has 0 saturated carbocycles. The van der Waals surface area contributed by atoms with Gasteiger partial charge in [0.1, 0.15) is 5.82 Å². The molecule has 1 N–H and O–H groups in total. The number of pyridine rings is 1. The van der Waals surface area contributed by atoms with Crippen LogP contribution in [-0.4, -0.2) is 26.4 Å². The smallest absolute Gasteiger partial charge is 0.255 e. The summed E-state index contributed by atoms with van der Waals surface area (Å²) < 4.78 is 1.06. The van der Waals surface area contributed by atoms with E-state index >= 15 is 0 Å². The first kappa shape index (κ1) is 20.0. The van der Waals surface area contributed by atoms with Crippen molar-refractivity contribution in [1.82, 2.24) is 19.9 Å². The van der Waals surface area contributed by atoms with Crippen LogP contribution in [0.2, 0.25) is 0 Å². The van der Waals surface area contributed by atoms with E-state index in [1.54, 1.807) is 0 Å². The predicted octanol–water partition coefficient (Wildman–Crippen LogP) is 4.45. The van der Waals surface area contributed by atoms with Crippen molar-refractivity contribution in [1.29, 1.82) is 0 Å². The minimum atomic E-state index is -0.159. The largest absolute Gasteiger partial charge is 0.310 e. The van der Waals surface area contributed by atoms with Crippen molar-refractivity contribution in [3.8, 4) is 11.3 Å². The number of nitrogens with zero attached hydrogens (tertiary/aromatic N) is 3. The molecule has 5 nitrogen and oxygen atoms in total. The molecule has 2 aromatic heterocycles. The van der Waals surface area contributed by atoms with Crippen molar-refractivity contribution >= 4 is 15.9 Å². The quantitative estimate of drug-likeness (QED) is 0.637. The lowest BCUT2D eigenvalue weighted by Crippen LogP contribution is -2.37. The Balaban J connectivity index is 1.48. The minimum absolute atomic E-state index is 0.00617. The number of hydrogen-bond donors (Lipinski definition) is 1. The van der Waals surface area contributed by atoms with Gasteiger partial charge < -0.3 is 4.98 Å². The highest BCUT2D eigenvalue weighted by molar-refractivity contribution is 9.10. The highest BCUT2D eigenvalue weighted by Crippen LogP contribution is 2.23. The fraction of sp³-hybridized carbons (Fsp3) is 0.348. The van der Waals surface area contributed by atoms with E-state index in [9.17, 15) is 4.79 Å². The van der Waals surface area contributed by atoms with Gasteiger partial charge in [-0.2, -0.15) is 0 Å². The highest BCUT2D eigenvalue weighted by Gasteiger charge is 2.24. The van der Waals surface area contributed by atoms with Crippen LogP contribution in [0.3, 0.4) is 0 Å². The number of aromatic amines is 1. The van der Waals surface area contributed by atoms with Gasteiger partial charge in [0, 0.05) is 47.7 Å². The van der Waals surface area contributed by atoms with Crippen molar-refractivity contribution in [2.45, 2.75) is 45.7 Å². The monoisotopic (exact) mass is 452 g/mol. The summed E-state index contributed by atoms with van der Waals surface area (Å²) in [6.07, 6.45) is 2.73. The number of hydrogen-bond acceptors (Lipinski definition) is 4. The molecule has 1 aliphatic heterocycles. The van der Waals surface area contributed by atoms with Gasteiger partial charge in [0.25, 0.3) is 5.56 Å². The molecule has 0 radical (unpaired) electrons. The molecule has 0 saturated heterocycles. The molecule has 0 unspecified atom stereocenters. The first-order chi connectivity index (χ1) is 13.8. The van der Waals surface area contributed by atoms with Crippen molar-refractivity contribution in [3.05, 3.63) is 80.1 Å². The Hall–Kier alpha value is -2.31. The van der Waals surface area contributed by atoms with E-state index in [-0.39, 0.29) is 11.0 Å². The number of halogens is 1. The molecular weight excluding hydrogens is 428 g/mol. The zero-order chi connectivity index (χ0) is 20.6. The van der Waals surface area contributed by atoms with Gasteiger partial charge in [0.05, 0.1) is 17.0 Å². The van der Waals surface area contributed by atoms with E-state index in [2.05, 4.69) is 75.8 Å². The fourth-order valence-electron chi connectivity index (χ4n) is 3.54. The summed E-state index contributed by atoms with van der Waals surface area (Å²) in [5.41, 5.74) is 4.77. The van der Waals surface area contributed by atoms with Crippen LogP contribution in [0.4, 0.5) is 0 Å². The van der Waals surface area contributed by atoms with Gasteiger partial charge in [-0.15, -0.1) is 0 Å². The van der Waals surface area contributed by atoms with E-state index in [4.69, 9.17) is 4.98 Å². The molecule has 0 amide bonds. The van der Waals surface area contributed by atoms with Crippen LogP contribution in [0.25, 0.3) is 11.3 Å². The van der Waals surface area contributed by atoms with Crippen LogP contribution >= 0.6 is 15.9 Å². The number of nitrogens with one attached hydrogen (secondary N) is 1. The standard InChI is InChI=1S/C23H25BrN4O/c1-23(2,3)22-26-20-10-11-28(14-18(20)21(29)27-22)13-15-4-9-19(25-12-15)16-5-7-17(24)8-6-16/h4-9,12H,10-11,13-14H2,1-3H3,(H,26,27,29). The summed E-state index contributed by atoms with van der Waals surface area (Å²) in [5, 5.41) is 0. The second kappa shape index (κ2) is 7.84. The lowest BCUT2D eigenvalue weighted by atomic mass is 9.95. The molecule has 3 heterocycles. The van der Waals surface area contributed by atoms with Crippen LogP contribution in [0.1, 0.15) is 43.4 Å². The SMILES string of the molecule is CC(C)(C)c1nc2c(c(=O)[nH]1)CN(Cc1ccc(-c3ccc(Br)cc3)nc1)CC2. The molecule has 0 bridgehead atoms. The fourth-order valence-corrected chi connectivity index (χ4v) is 3.80. The van der Waals surface area contributed by atoms with Crippen LogP contribution in [0, 0.1) is 0 Å². The summed E-state index contributed by atoms with van der Waals surface area (Å²) in [6, 6.07) is 12.3. The van der Waals surface area contributed by atoms with Gasteiger partial charge in [0.2, 0.25) is 0 Å². The van der Waals surface area contributed by atoms with E-state index < -0.39 is 0 Å². The third-order valence-corrected chi connectivity index (χ3v) is 5.76. The Labute approximate surface area is 179 Å². The molecule has 0 aliphatic carbocycles. The van der Waals surface area contributed by atoms with Crippen molar-refractivity contribution in [3.63, 3.8) is 0 Å². The topological polar surface area (TPSA) is 61.9 Å². The Morgan fingerprint density at radius 1 is 1.14 bits per heavy atom. The van der Waals surface area contributed by atoms with Gasteiger partial charge in [-0.3, -0.25) is 14.7 Å². The van der Waals surface area contributed by atoms with E-state index in [1.165, 1.54) is 0 Å². The van der Waals surface area contributed by atoms with Gasteiger partial charge in [-0.1, -0.05) is 54.9 Å². The average Bonchev–Trinajstić information content (AvgIpc) is 2.69. The third kappa shape index (κ3) is 4.49. The number of benzene rings is 1. The van der Waals surface area contributed by atoms with E-state index in [0.717, 1.165) is 57.9 Å².